The highest BCUT2D eigenvalue weighted by Gasteiger charge is 2.25. The molecule has 0 aliphatic rings. The maximum atomic E-state index is 5.91. The van der Waals surface area contributed by atoms with Crippen LogP contribution in [0.3, 0.4) is 0 Å². The lowest BCUT2D eigenvalue weighted by atomic mass is 9.82. The van der Waals surface area contributed by atoms with Crippen LogP contribution in [-0.2, 0) is 6.54 Å². The lowest BCUT2D eigenvalue weighted by Crippen LogP contribution is -2.41. The van der Waals surface area contributed by atoms with Gasteiger partial charge in [-0.25, -0.2) is 0 Å². The average Bonchev–Trinajstić information content (AvgIpc) is 2.26. The van der Waals surface area contributed by atoms with Crippen molar-refractivity contribution in [3.8, 4) is 5.75 Å². The molecule has 1 N–H and O–H groups in total. The van der Waals surface area contributed by atoms with Crippen LogP contribution in [0.2, 0.25) is 0 Å². The summed E-state index contributed by atoms with van der Waals surface area (Å²) in [6.07, 6.45) is 1.31. The van der Waals surface area contributed by atoms with Gasteiger partial charge in [0, 0.05) is 22.1 Å². The number of hydrogen-bond acceptors (Lipinski definition) is 2. The highest BCUT2D eigenvalue weighted by atomic mass is 79.9. The summed E-state index contributed by atoms with van der Waals surface area (Å²) in [5.41, 5.74) is 1.60. The van der Waals surface area contributed by atoms with Crippen LogP contribution in [0, 0.1) is 5.41 Å². The van der Waals surface area contributed by atoms with Gasteiger partial charge in [-0.15, -0.1) is 0 Å². The smallest absolute Gasteiger partial charge is 0.124 e. The molecule has 3 heteroatoms. The van der Waals surface area contributed by atoms with E-state index in [1.807, 2.05) is 12.1 Å². The molecule has 0 aliphatic heterocycles. The quantitative estimate of drug-likeness (QED) is 0.722. The minimum atomic E-state index is 0.0929. The number of hydrogen-bond donors (Lipinski definition) is 1. The molecule has 0 amide bonds. The molecule has 0 aliphatic carbocycles. The SMILES string of the molecule is CC(C)Oc1ccc(Br)cc1CNC(C)(C)CC(C)(C)C. The maximum Gasteiger partial charge on any atom is 0.124 e. The maximum absolute atomic E-state index is 5.91. The second-order valence-corrected chi connectivity index (χ2v) is 8.81. The fraction of sp³-hybridized carbons (Fsp3) is 0.667. The summed E-state index contributed by atoms with van der Waals surface area (Å²) in [5, 5.41) is 3.67. The van der Waals surface area contributed by atoms with Crippen molar-refractivity contribution in [2.75, 3.05) is 0 Å². The molecule has 0 radical (unpaired) electrons. The van der Waals surface area contributed by atoms with Crippen molar-refractivity contribution < 1.29 is 4.74 Å². The lowest BCUT2D eigenvalue weighted by Gasteiger charge is -2.33. The van der Waals surface area contributed by atoms with Gasteiger partial charge in [0.15, 0.2) is 0 Å². The Bertz CT molecular complexity index is 461. The average molecular weight is 356 g/mol. The number of benzene rings is 1. The van der Waals surface area contributed by atoms with Crippen LogP contribution >= 0.6 is 15.9 Å². The first-order chi connectivity index (χ1) is 9.48. The van der Waals surface area contributed by atoms with Gasteiger partial charge in [0.05, 0.1) is 6.10 Å². The Morgan fingerprint density at radius 2 is 1.76 bits per heavy atom. The van der Waals surface area contributed by atoms with Crippen molar-refractivity contribution in [3.63, 3.8) is 0 Å². The summed E-state index contributed by atoms with van der Waals surface area (Å²) >= 11 is 3.55. The summed E-state index contributed by atoms with van der Waals surface area (Å²) in [6.45, 7) is 16.3. The third-order valence-corrected chi connectivity index (χ3v) is 3.61. The molecule has 0 saturated carbocycles. The summed E-state index contributed by atoms with van der Waals surface area (Å²) in [4.78, 5) is 0. The van der Waals surface area contributed by atoms with Gasteiger partial charge >= 0.3 is 0 Å². The Balaban J connectivity index is 2.80. The minimum Gasteiger partial charge on any atom is -0.491 e. The van der Waals surface area contributed by atoms with Crippen LogP contribution in [0.1, 0.15) is 60.5 Å². The normalized spacial score (nSPS) is 12.8. The van der Waals surface area contributed by atoms with Gasteiger partial charge in [-0.3, -0.25) is 0 Å². The van der Waals surface area contributed by atoms with Crippen molar-refractivity contribution in [2.24, 2.45) is 5.41 Å². The predicted molar refractivity (Wildman–Crippen MR) is 94.9 cm³/mol. The fourth-order valence-corrected chi connectivity index (χ4v) is 3.19. The van der Waals surface area contributed by atoms with E-state index < -0.39 is 0 Å². The number of halogens is 1. The van der Waals surface area contributed by atoms with Gasteiger partial charge in [-0.1, -0.05) is 36.7 Å². The van der Waals surface area contributed by atoms with E-state index in [-0.39, 0.29) is 11.6 Å². The molecule has 0 fully saturated rings. The van der Waals surface area contributed by atoms with E-state index in [2.05, 4.69) is 75.8 Å². The van der Waals surface area contributed by atoms with Crippen LogP contribution in [0.15, 0.2) is 22.7 Å². The van der Waals surface area contributed by atoms with E-state index in [0.717, 1.165) is 23.2 Å². The zero-order valence-electron chi connectivity index (χ0n) is 14.5. The fourth-order valence-electron chi connectivity index (χ4n) is 2.78. The molecule has 0 atom stereocenters. The Morgan fingerprint density at radius 3 is 2.29 bits per heavy atom. The number of nitrogens with one attached hydrogen (secondary N) is 1. The van der Waals surface area contributed by atoms with Crippen molar-refractivity contribution >= 4 is 15.9 Å². The largest absolute Gasteiger partial charge is 0.491 e. The zero-order chi connectivity index (χ0) is 16.3. The number of ether oxygens (including phenoxy) is 1. The van der Waals surface area contributed by atoms with Crippen LogP contribution in [0.25, 0.3) is 0 Å². The highest BCUT2D eigenvalue weighted by molar-refractivity contribution is 9.10. The molecule has 1 aromatic carbocycles. The van der Waals surface area contributed by atoms with E-state index in [0.29, 0.717) is 5.41 Å². The van der Waals surface area contributed by atoms with Crippen molar-refractivity contribution in [2.45, 2.75) is 73.1 Å². The Labute approximate surface area is 138 Å². The molecule has 2 nitrogen and oxygen atoms in total. The van der Waals surface area contributed by atoms with Crippen molar-refractivity contribution in [1.29, 1.82) is 0 Å². The van der Waals surface area contributed by atoms with Gasteiger partial charge in [0.2, 0.25) is 0 Å². The molecule has 1 rings (SSSR count). The first-order valence-electron chi connectivity index (χ1n) is 7.69. The Kier molecular flexibility index (Phi) is 6.30. The minimum absolute atomic E-state index is 0.0929. The molecular weight excluding hydrogens is 326 g/mol. The molecule has 0 aromatic heterocycles. The Hall–Kier alpha value is -0.540. The van der Waals surface area contributed by atoms with Gasteiger partial charge in [0.25, 0.3) is 0 Å². The van der Waals surface area contributed by atoms with Crippen molar-refractivity contribution in [3.05, 3.63) is 28.2 Å². The molecule has 0 bridgehead atoms. The van der Waals surface area contributed by atoms with E-state index in [4.69, 9.17) is 4.74 Å². The molecule has 0 unspecified atom stereocenters. The standard InChI is InChI=1S/C18H30BrNO/c1-13(2)21-16-9-8-15(19)10-14(16)11-20-18(6,7)12-17(3,4)5/h8-10,13,20H,11-12H2,1-7H3. The molecule has 0 heterocycles. The summed E-state index contributed by atoms with van der Waals surface area (Å²) in [5.74, 6) is 0.965. The van der Waals surface area contributed by atoms with E-state index >= 15 is 0 Å². The van der Waals surface area contributed by atoms with Crippen LogP contribution < -0.4 is 10.1 Å². The first-order valence-corrected chi connectivity index (χ1v) is 8.48. The molecule has 1 aromatic rings. The van der Waals surface area contributed by atoms with Crippen LogP contribution in [0.5, 0.6) is 5.75 Å². The molecular formula is C18H30BrNO. The van der Waals surface area contributed by atoms with Gasteiger partial charge in [0.1, 0.15) is 5.75 Å². The lowest BCUT2D eigenvalue weighted by molar-refractivity contribution is 0.229. The molecule has 0 saturated heterocycles. The highest BCUT2D eigenvalue weighted by Crippen LogP contribution is 2.29. The second-order valence-electron chi connectivity index (χ2n) is 7.89. The van der Waals surface area contributed by atoms with Gasteiger partial charge in [-0.2, -0.15) is 0 Å². The summed E-state index contributed by atoms with van der Waals surface area (Å²) in [7, 11) is 0. The molecule has 21 heavy (non-hydrogen) atoms. The van der Waals surface area contributed by atoms with E-state index in [1.54, 1.807) is 0 Å². The summed E-state index contributed by atoms with van der Waals surface area (Å²) < 4.78 is 6.99. The van der Waals surface area contributed by atoms with Gasteiger partial charge in [-0.05, 0) is 57.7 Å². The zero-order valence-corrected chi connectivity index (χ0v) is 16.1. The van der Waals surface area contributed by atoms with Crippen LogP contribution in [0.4, 0.5) is 0 Å². The molecule has 0 spiro atoms. The number of rotatable bonds is 6. The second kappa shape index (κ2) is 7.15. The molecule has 120 valence electrons. The predicted octanol–water partition coefficient (Wildman–Crippen LogP) is 5.54. The third kappa shape index (κ3) is 7.32. The Morgan fingerprint density at radius 1 is 1.14 bits per heavy atom. The first kappa shape index (κ1) is 18.5. The third-order valence-electron chi connectivity index (χ3n) is 3.11. The van der Waals surface area contributed by atoms with E-state index in [1.165, 1.54) is 5.56 Å². The summed E-state index contributed by atoms with van der Waals surface area (Å²) in [6, 6.07) is 6.21. The van der Waals surface area contributed by atoms with E-state index in [9.17, 15) is 0 Å². The topological polar surface area (TPSA) is 21.3 Å². The monoisotopic (exact) mass is 355 g/mol. The van der Waals surface area contributed by atoms with Gasteiger partial charge < -0.3 is 10.1 Å². The van der Waals surface area contributed by atoms with Crippen LogP contribution in [-0.4, -0.2) is 11.6 Å². The van der Waals surface area contributed by atoms with Crippen molar-refractivity contribution in [1.82, 2.24) is 5.32 Å².